The molecule has 158 valence electrons. The van der Waals surface area contributed by atoms with Crippen LogP contribution in [0.5, 0.6) is 0 Å². The average Bonchev–Trinajstić information content (AvgIpc) is 3.24. The molecule has 1 atom stereocenters. The molecule has 0 saturated heterocycles. The highest BCUT2D eigenvalue weighted by Crippen LogP contribution is 2.18. The summed E-state index contributed by atoms with van der Waals surface area (Å²) in [6.07, 6.45) is 0. The molecule has 29 heavy (non-hydrogen) atoms. The summed E-state index contributed by atoms with van der Waals surface area (Å²) < 4.78 is 27.1. The molecule has 0 spiro atoms. The van der Waals surface area contributed by atoms with E-state index in [1.165, 1.54) is 23.8 Å². The van der Waals surface area contributed by atoms with Crippen LogP contribution in [0.2, 0.25) is 0 Å². The molecule has 1 aromatic heterocycles. The Kier molecular flexibility index (Phi) is 8.55. The number of hydrogen-bond acceptors (Lipinski definition) is 6. The fraction of sp³-hybridized carbons (Fsp3) is 0.389. The maximum Gasteiger partial charge on any atom is 0.270 e. The summed E-state index contributed by atoms with van der Waals surface area (Å²) in [6.45, 7) is 5.75. The number of hydrogen-bond donors (Lipinski definition) is 3. The normalized spacial score (nSPS) is 13.1. The lowest BCUT2D eigenvalue weighted by molar-refractivity contribution is -0.385. The first-order valence-electron chi connectivity index (χ1n) is 9.12. The van der Waals surface area contributed by atoms with E-state index in [4.69, 9.17) is 0 Å². The first kappa shape index (κ1) is 22.8. The van der Waals surface area contributed by atoms with E-state index in [9.17, 15) is 18.5 Å². The molecule has 1 heterocycles. The molecule has 1 aromatic carbocycles. The number of sulfonamides is 1. The van der Waals surface area contributed by atoms with Crippen molar-refractivity contribution in [3.8, 4) is 0 Å². The SMILES string of the molecule is CCNC(=NCC(C)c1ccsc1)NCCNS(=O)(=O)c1cccc([N+](=O)[O-])c1. The number of nitro groups is 1. The summed E-state index contributed by atoms with van der Waals surface area (Å²) >= 11 is 1.65. The molecule has 11 heteroatoms. The van der Waals surface area contributed by atoms with Crippen LogP contribution in [-0.4, -0.2) is 45.5 Å². The van der Waals surface area contributed by atoms with Crippen LogP contribution >= 0.6 is 11.3 Å². The molecule has 0 radical (unpaired) electrons. The molecule has 1 unspecified atom stereocenters. The Morgan fingerprint density at radius 1 is 1.28 bits per heavy atom. The number of rotatable bonds is 10. The highest BCUT2D eigenvalue weighted by molar-refractivity contribution is 7.89. The first-order chi connectivity index (χ1) is 13.8. The van der Waals surface area contributed by atoms with Crippen molar-refractivity contribution >= 4 is 33.0 Å². The number of aliphatic imine (C=N–C) groups is 1. The van der Waals surface area contributed by atoms with Gasteiger partial charge in [-0.15, -0.1) is 0 Å². The minimum Gasteiger partial charge on any atom is -0.357 e. The van der Waals surface area contributed by atoms with E-state index in [-0.39, 0.29) is 23.0 Å². The quantitative estimate of drug-likeness (QED) is 0.171. The molecule has 2 aromatic rings. The maximum absolute atomic E-state index is 12.3. The fourth-order valence-electron chi connectivity index (χ4n) is 2.44. The Labute approximate surface area is 174 Å². The number of benzene rings is 1. The van der Waals surface area contributed by atoms with Crippen LogP contribution < -0.4 is 15.4 Å². The van der Waals surface area contributed by atoms with Gasteiger partial charge in [0.25, 0.3) is 5.69 Å². The molecule has 9 nitrogen and oxygen atoms in total. The van der Waals surface area contributed by atoms with Gasteiger partial charge in [-0.25, -0.2) is 13.1 Å². The standard InChI is InChI=1S/C18H25N5O4S2/c1-3-19-18(21-12-14(2)15-7-10-28-13-15)20-8-9-22-29(26,27)17-6-4-5-16(11-17)23(24)25/h4-7,10-11,13-14,22H,3,8-9,12H2,1-2H3,(H2,19,20,21). The van der Waals surface area contributed by atoms with E-state index in [1.807, 2.05) is 12.3 Å². The van der Waals surface area contributed by atoms with E-state index < -0.39 is 14.9 Å². The van der Waals surface area contributed by atoms with Crippen LogP contribution in [0.15, 0.2) is 51.0 Å². The summed E-state index contributed by atoms with van der Waals surface area (Å²) in [5.41, 5.74) is 0.964. The predicted molar refractivity (Wildman–Crippen MR) is 115 cm³/mol. The van der Waals surface area contributed by atoms with Crippen molar-refractivity contribution < 1.29 is 13.3 Å². The highest BCUT2D eigenvalue weighted by Gasteiger charge is 2.17. The fourth-order valence-corrected chi connectivity index (χ4v) is 4.30. The summed E-state index contributed by atoms with van der Waals surface area (Å²) in [7, 11) is -3.84. The van der Waals surface area contributed by atoms with E-state index >= 15 is 0 Å². The molecule has 3 N–H and O–H groups in total. The third-order valence-electron chi connectivity index (χ3n) is 4.03. The van der Waals surface area contributed by atoms with Crippen LogP contribution in [0.25, 0.3) is 0 Å². The summed E-state index contributed by atoms with van der Waals surface area (Å²) in [4.78, 5) is 14.6. The largest absolute Gasteiger partial charge is 0.357 e. The molecule has 0 bridgehead atoms. The molecule has 0 aliphatic carbocycles. The van der Waals surface area contributed by atoms with E-state index in [0.29, 0.717) is 25.6 Å². The van der Waals surface area contributed by atoms with Crippen LogP contribution in [0.4, 0.5) is 5.69 Å². The number of nitro benzene ring substituents is 1. The number of nitrogens with zero attached hydrogens (tertiary/aromatic N) is 2. The third-order valence-corrected chi connectivity index (χ3v) is 6.19. The summed E-state index contributed by atoms with van der Waals surface area (Å²) in [5, 5.41) is 21.2. The lowest BCUT2D eigenvalue weighted by atomic mass is 10.1. The molecule has 0 aliphatic rings. The van der Waals surface area contributed by atoms with E-state index in [0.717, 1.165) is 6.07 Å². The van der Waals surface area contributed by atoms with Gasteiger partial charge in [0.2, 0.25) is 10.0 Å². The number of guanidine groups is 1. The second kappa shape index (κ2) is 10.9. The van der Waals surface area contributed by atoms with Gasteiger partial charge in [-0.1, -0.05) is 13.0 Å². The Bertz CT molecular complexity index is 929. The van der Waals surface area contributed by atoms with Crippen molar-refractivity contribution in [1.82, 2.24) is 15.4 Å². The van der Waals surface area contributed by atoms with Crippen LogP contribution in [0.3, 0.4) is 0 Å². The van der Waals surface area contributed by atoms with Gasteiger partial charge in [0.05, 0.1) is 9.82 Å². The number of thiophene rings is 1. The van der Waals surface area contributed by atoms with Crippen molar-refractivity contribution in [1.29, 1.82) is 0 Å². The van der Waals surface area contributed by atoms with Gasteiger partial charge < -0.3 is 10.6 Å². The van der Waals surface area contributed by atoms with Crippen LogP contribution in [0.1, 0.15) is 25.3 Å². The minimum atomic E-state index is -3.84. The zero-order valence-corrected chi connectivity index (χ0v) is 17.9. The molecule has 2 rings (SSSR count). The number of non-ortho nitro benzene ring substituents is 1. The van der Waals surface area contributed by atoms with Crippen LogP contribution in [-0.2, 0) is 10.0 Å². The van der Waals surface area contributed by atoms with E-state index in [1.54, 1.807) is 11.3 Å². The lowest BCUT2D eigenvalue weighted by Crippen LogP contribution is -2.41. The van der Waals surface area contributed by atoms with Crippen molar-refractivity contribution in [2.24, 2.45) is 4.99 Å². The van der Waals surface area contributed by atoms with Crippen molar-refractivity contribution in [3.05, 3.63) is 56.8 Å². The summed E-state index contributed by atoms with van der Waals surface area (Å²) in [5.74, 6) is 0.883. The van der Waals surface area contributed by atoms with Gasteiger partial charge in [-0.3, -0.25) is 15.1 Å². The maximum atomic E-state index is 12.3. The van der Waals surface area contributed by atoms with Gasteiger partial charge in [0.15, 0.2) is 5.96 Å². The van der Waals surface area contributed by atoms with Gasteiger partial charge in [0.1, 0.15) is 0 Å². The zero-order valence-electron chi connectivity index (χ0n) is 16.3. The molecule has 0 saturated carbocycles. The predicted octanol–water partition coefficient (Wildman–Crippen LogP) is 2.29. The second-order valence-electron chi connectivity index (χ2n) is 6.26. The molecule has 0 fully saturated rings. The smallest absolute Gasteiger partial charge is 0.270 e. The van der Waals surface area contributed by atoms with E-state index in [2.05, 4.69) is 38.7 Å². The van der Waals surface area contributed by atoms with Crippen molar-refractivity contribution in [3.63, 3.8) is 0 Å². The van der Waals surface area contributed by atoms with Gasteiger partial charge in [-0.2, -0.15) is 11.3 Å². The highest BCUT2D eigenvalue weighted by atomic mass is 32.2. The van der Waals surface area contributed by atoms with Crippen LogP contribution in [0, 0.1) is 10.1 Å². The van der Waals surface area contributed by atoms with Gasteiger partial charge in [0, 0.05) is 44.2 Å². The second-order valence-corrected chi connectivity index (χ2v) is 8.80. The number of nitrogens with one attached hydrogen (secondary N) is 3. The minimum absolute atomic E-state index is 0.107. The molecule has 0 aliphatic heterocycles. The Hall–Kier alpha value is -2.50. The van der Waals surface area contributed by atoms with Crippen molar-refractivity contribution in [2.75, 3.05) is 26.2 Å². The van der Waals surface area contributed by atoms with Crippen molar-refractivity contribution in [2.45, 2.75) is 24.7 Å². The topological polar surface area (TPSA) is 126 Å². The average molecular weight is 440 g/mol. The Morgan fingerprint density at radius 2 is 2.07 bits per heavy atom. The molecular weight excluding hydrogens is 414 g/mol. The monoisotopic (exact) mass is 439 g/mol. The first-order valence-corrected chi connectivity index (χ1v) is 11.5. The zero-order chi connectivity index (χ0) is 21.3. The summed E-state index contributed by atoms with van der Waals surface area (Å²) in [6, 6.07) is 7.02. The third kappa shape index (κ3) is 7.11. The molecular formula is C18H25N5O4S2. The van der Waals surface area contributed by atoms with Gasteiger partial charge in [-0.05, 0) is 35.4 Å². The Balaban J connectivity index is 1.88. The lowest BCUT2D eigenvalue weighted by Gasteiger charge is -2.13. The van der Waals surface area contributed by atoms with Gasteiger partial charge >= 0.3 is 0 Å². The Morgan fingerprint density at radius 3 is 2.72 bits per heavy atom. The molecule has 0 amide bonds.